The number of hydrogen-bond donors (Lipinski definition) is 4. The number of fused-ring (bicyclic) bond motifs is 1. The van der Waals surface area contributed by atoms with Gasteiger partial charge in [0.25, 0.3) is 0 Å². The van der Waals surface area contributed by atoms with Crippen LogP contribution in [-0.2, 0) is 37.8 Å². The van der Waals surface area contributed by atoms with Crippen molar-refractivity contribution in [1.29, 1.82) is 0 Å². The first-order valence-electron chi connectivity index (χ1n) is 12.7. The van der Waals surface area contributed by atoms with Crippen molar-refractivity contribution in [3.05, 3.63) is 40.4 Å². The van der Waals surface area contributed by atoms with Crippen LogP contribution in [0.15, 0.2) is 33.7 Å². The number of hydrogen-bond acceptors (Lipinski definition) is 12. The highest BCUT2D eigenvalue weighted by atomic mass is 32.2. The minimum absolute atomic E-state index is 0.00431. The number of ether oxygens (including phenoxy) is 1. The highest BCUT2D eigenvalue weighted by Crippen LogP contribution is 2.32. The lowest BCUT2D eigenvalue weighted by molar-refractivity contribution is -0.147. The van der Waals surface area contributed by atoms with Crippen molar-refractivity contribution in [1.82, 2.24) is 14.2 Å². The Morgan fingerprint density at radius 3 is 2.68 bits per heavy atom. The van der Waals surface area contributed by atoms with Crippen molar-refractivity contribution < 1.29 is 32.1 Å². The van der Waals surface area contributed by atoms with E-state index in [1.54, 1.807) is 0 Å². The molecule has 2 aliphatic rings. The molecule has 1 amide bonds. The van der Waals surface area contributed by atoms with Gasteiger partial charge in [0.2, 0.25) is 5.91 Å². The van der Waals surface area contributed by atoms with Gasteiger partial charge in [-0.05, 0) is 43.1 Å². The molecule has 17 heteroatoms. The van der Waals surface area contributed by atoms with E-state index in [1.165, 1.54) is 12.3 Å². The molecule has 0 radical (unpaired) electrons. The zero-order valence-corrected chi connectivity index (χ0v) is 23.9. The average Bonchev–Trinajstić information content (AvgIpc) is 3.54. The minimum atomic E-state index is -4.70. The average molecular weight is 609 g/mol. The zero-order valence-electron chi connectivity index (χ0n) is 22.3. The Kier molecular flexibility index (Phi) is 9.42. The summed E-state index contributed by atoms with van der Waals surface area (Å²) in [4.78, 5) is 41.0. The summed E-state index contributed by atoms with van der Waals surface area (Å²) in [7, 11) is -4.70. The normalized spacial score (nSPS) is 19.2. The standard InChI is InChI=1S/C24H32N8O7S2/c1-14-18(22(34)32(14)41(35,36)37)10-20(33)21(19-13-40-24(27)29-19)30-39-8-7-38-17-4-3-15-11-31(12-16(15)9-17)23(26)28-6-2-5-25/h3-4,9,13-14,18H,2,5-8,10-12,25H2,1H3,(H2,26,28)(H2,27,29)(H,35,36,37)/b30-21-. The molecule has 0 aliphatic carbocycles. The van der Waals surface area contributed by atoms with E-state index < -0.39 is 34.0 Å². The molecule has 41 heavy (non-hydrogen) atoms. The fourth-order valence-corrected chi connectivity index (χ4v) is 5.96. The van der Waals surface area contributed by atoms with Gasteiger partial charge in [0, 0.05) is 31.4 Å². The van der Waals surface area contributed by atoms with E-state index in [-0.39, 0.29) is 36.2 Å². The van der Waals surface area contributed by atoms with Crippen molar-refractivity contribution in [2.75, 3.05) is 32.0 Å². The molecule has 0 saturated carbocycles. The van der Waals surface area contributed by atoms with E-state index in [1.807, 2.05) is 23.1 Å². The van der Waals surface area contributed by atoms with Gasteiger partial charge in [-0.1, -0.05) is 11.2 Å². The number of nitrogens with zero attached hydrogens (tertiary/aromatic N) is 5. The molecule has 0 bridgehead atoms. The lowest BCUT2D eigenvalue weighted by atomic mass is 9.86. The molecule has 2 aliphatic heterocycles. The molecule has 0 spiro atoms. The van der Waals surface area contributed by atoms with E-state index in [0.29, 0.717) is 42.2 Å². The second-order valence-electron chi connectivity index (χ2n) is 9.45. The molecule has 1 aromatic heterocycles. The van der Waals surface area contributed by atoms with Gasteiger partial charge in [0.15, 0.2) is 29.2 Å². The maximum atomic E-state index is 13.0. The van der Waals surface area contributed by atoms with Gasteiger partial charge >= 0.3 is 10.3 Å². The molecule has 1 saturated heterocycles. The summed E-state index contributed by atoms with van der Waals surface area (Å²) >= 11 is 1.09. The molecule has 4 rings (SSSR count). The van der Waals surface area contributed by atoms with Crippen LogP contribution in [0.1, 0.15) is 36.6 Å². The number of aromatic nitrogens is 1. The zero-order chi connectivity index (χ0) is 29.7. The number of benzene rings is 1. The van der Waals surface area contributed by atoms with Gasteiger partial charge in [-0.2, -0.15) is 8.42 Å². The Morgan fingerprint density at radius 2 is 2.02 bits per heavy atom. The van der Waals surface area contributed by atoms with E-state index in [0.717, 1.165) is 28.9 Å². The Labute approximate surface area is 240 Å². The number of ketones is 1. The summed E-state index contributed by atoms with van der Waals surface area (Å²) in [6.45, 7) is 3.94. The molecule has 2 unspecified atom stereocenters. The van der Waals surface area contributed by atoms with Gasteiger partial charge in [-0.25, -0.2) is 9.29 Å². The Morgan fingerprint density at radius 1 is 1.27 bits per heavy atom. The quantitative estimate of drug-likeness (QED) is 0.0593. The molecular weight excluding hydrogens is 576 g/mol. The van der Waals surface area contributed by atoms with Crippen LogP contribution in [0.25, 0.3) is 0 Å². The first kappa shape index (κ1) is 30.2. The van der Waals surface area contributed by atoms with Crippen LogP contribution in [0.2, 0.25) is 0 Å². The SMILES string of the molecule is CC1C(CC(=O)/C(=N\OCCOc2ccc3c(c2)CN(C(N)=NCCCN)C3)c2csc(N)n2)C(=O)N1S(=O)(=O)O. The second-order valence-corrected chi connectivity index (χ2v) is 11.6. The number of thiazole rings is 1. The molecule has 7 N–H and O–H groups in total. The number of amides is 1. The van der Waals surface area contributed by atoms with Gasteiger partial charge in [-0.15, -0.1) is 11.3 Å². The fourth-order valence-electron chi connectivity index (χ4n) is 4.48. The van der Waals surface area contributed by atoms with Crippen LogP contribution in [0.5, 0.6) is 5.75 Å². The number of nitrogens with two attached hydrogens (primary N) is 3. The first-order valence-corrected chi connectivity index (χ1v) is 15.0. The Balaban J connectivity index is 1.32. The van der Waals surface area contributed by atoms with Crippen LogP contribution in [0.3, 0.4) is 0 Å². The largest absolute Gasteiger partial charge is 0.490 e. The Bertz CT molecular complexity index is 1460. The lowest BCUT2D eigenvalue weighted by Gasteiger charge is -2.41. The van der Waals surface area contributed by atoms with E-state index in [9.17, 15) is 22.6 Å². The number of carbonyl (C=O) groups excluding carboxylic acids is 2. The monoisotopic (exact) mass is 608 g/mol. The predicted molar refractivity (Wildman–Crippen MR) is 151 cm³/mol. The van der Waals surface area contributed by atoms with Gasteiger partial charge in [0.05, 0.1) is 12.0 Å². The summed E-state index contributed by atoms with van der Waals surface area (Å²) < 4.78 is 38.0. The summed E-state index contributed by atoms with van der Waals surface area (Å²) in [5, 5.41) is 5.65. The van der Waals surface area contributed by atoms with Crippen molar-refractivity contribution >= 4 is 50.1 Å². The van der Waals surface area contributed by atoms with Crippen molar-refractivity contribution in [3.63, 3.8) is 0 Å². The Hall–Kier alpha value is -3.80. The van der Waals surface area contributed by atoms with E-state index in [4.69, 9.17) is 26.8 Å². The third kappa shape index (κ3) is 7.10. The molecule has 1 aromatic carbocycles. The molecule has 2 atom stereocenters. The number of carbonyl (C=O) groups is 2. The van der Waals surface area contributed by atoms with Gasteiger partial charge < -0.3 is 31.7 Å². The molecule has 15 nitrogen and oxygen atoms in total. The summed E-state index contributed by atoms with van der Waals surface area (Å²) in [6, 6.07) is 4.83. The van der Waals surface area contributed by atoms with Crippen molar-refractivity contribution in [2.24, 2.45) is 27.5 Å². The predicted octanol–water partition coefficient (Wildman–Crippen LogP) is 0.113. The van der Waals surface area contributed by atoms with Gasteiger partial charge in [0.1, 0.15) is 18.1 Å². The molecule has 3 heterocycles. The third-order valence-corrected chi connectivity index (χ3v) is 8.31. The number of β-lactam (4-membered cyclic amide) rings is 1. The second kappa shape index (κ2) is 12.8. The number of anilines is 1. The fraction of sp³-hybridized carbons (Fsp3) is 0.458. The minimum Gasteiger partial charge on any atom is -0.490 e. The van der Waals surface area contributed by atoms with Crippen LogP contribution in [-0.4, -0.2) is 82.9 Å². The number of aliphatic imine (C=N–C) groups is 1. The van der Waals surface area contributed by atoms with Gasteiger partial charge in [-0.3, -0.25) is 19.1 Å². The van der Waals surface area contributed by atoms with Crippen LogP contribution in [0.4, 0.5) is 5.13 Å². The molecule has 222 valence electrons. The maximum Gasteiger partial charge on any atom is 0.362 e. The highest BCUT2D eigenvalue weighted by Gasteiger charge is 2.51. The van der Waals surface area contributed by atoms with E-state index in [2.05, 4.69) is 15.1 Å². The summed E-state index contributed by atoms with van der Waals surface area (Å²) in [6.07, 6.45) is 0.421. The van der Waals surface area contributed by atoms with Crippen molar-refractivity contribution in [3.8, 4) is 5.75 Å². The summed E-state index contributed by atoms with van der Waals surface area (Å²) in [5.74, 6) is -1.31. The summed E-state index contributed by atoms with van der Waals surface area (Å²) in [5.41, 5.74) is 19.5. The van der Waals surface area contributed by atoms with Crippen molar-refractivity contribution in [2.45, 2.75) is 38.9 Å². The number of rotatable bonds is 13. The lowest BCUT2D eigenvalue weighted by Crippen LogP contribution is -2.62. The number of nitrogen functional groups attached to an aromatic ring is 1. The molecule has 1 fully saturated rings. The molecule has 2 aromatic rings. The first-order chi connectivity index (χ1) is 19.5. The van der Waals surface area contributed by atoms with Crippen LogP contribution >= 0.6 is 11.3 Å². The smallest absolute Gasteiger partial charge is 0.362 e. The number of Topliss-reactive ketones (excluding diaryl/α,β-unsaturated/α-hetero) is 1. The number of oxime groups is 1. The third-order valence-electron chi connectivity index (χ3n) is 6.63. The molecular formula is C24H32N8O7S2. The maximum absolute atomic E-state index is 13.0. The topological polar surface area (TPSA) is 229 Å². The van der Waals surface area contributed by atoms with E-state index >= 15 is 0 Å². The van der Waals surface area contributed by atoms with Crippen LogP contribution in [0, 0.1) is 5.92 Å². The van der Waals surface area contributed by atoms with Crippen LogP contribution < -0.4 is 21.9 Å². The number of guanidine groups is 1. The highest BCUT2D eigenvalue weighted by molar-refractivity contribution is 7.84.